The number of hydrogen-bond acceptors (Lipinski definition) is 6. The molecule has 0 saturated heterocycles. The number of carbonyl (C=O) groups is 3. The Morgan fingerprint density at radius 1 is 1.10 bits per heavy atom. The Labute approximate surface area is 176 Å². The first-order valence-electron chi connectivity index (χ1n) is 9.45. The van der Waals surface area contributed by atoms with Crippen LogP contribution < -0.4 is 20.1 Å². The summed E-state index contributed by atoms with van der Waals surface area (Å²) in [6.07, 6.45) is 1.81. The maximum absolute atomic E-state index is 12.3. The van der Waals surface area contributed by atoms with Crippen molar-refractivity contribution >= 4 is 29.5 Å². The van der Waals surface area contributed by atoms with Crippen LogP contribution in [0.25, 0.3) is 0 Å². The molecule has 0 aliphatic rings. The topological polar surface area (TPSA) is 103 Å². The molecule has 29 heavy (non-hydrogen) atoms. The minimum Gasteiger partial charge on any atom is -0.490 e. The molecule has 8 nitrogen and oxygen atoms in total. The second kappa shape index (κ2) is 11.5. The van der Waals surface area contributed by atoms with Crippen molar-refractivity contribution in [2.24, 2.45) is 0 Å². The highest BCUT2D eigenvalue weighted by Gasteiger charge is 2.20. The zero-order valence-electron chi connectivity index (χ0n) is 17.5. The number of halogens is 1. The third-order valence-corrected chi connectivity index (χ3v) is 3.65. The lowest BCUT2D eigenvalue weighted by molar-refractivity contribution is -0.123. The fourth-order valence-electron chi connectivity index (χ4n) is 2.16. The van der Waals surface area contributed by atoms with Crippen LogP contribution in [0.1, 0.15) is 57.8 Å². The molecule has 0 heterocycles. The standard InChI is InChI=1S/C20H29ClN2O6/c1-6-8-9-28-17-14(21)10-13(11-15(17)27-7-2)18(25)29-12-16(24)22-19(26)23-20(3,4)5/h10-11H,6-9,12H2,1-5H3,(H2,22,23,24,26). The van der Waals surface area contributed by atoms with Crippen molar-refractivity contribution in [2.75, 3.05) is 19.8 Å². The first-order valence-corrected chi connectivity index (χ1v) is 9.83. The van der Waals surface area contributed by atoms with Gasteiger partial charge in [-0.05, 0) is 46.2 Å². The normalized spacial score (nSPS) is 10.8. The van der Waals surface area contributed by atoms with Crippen molar-refractivity contribution < 1.29 is 28.6 Å². The number of benzene rings is 1. The predicted molar refractivity (Wildman–Crippen MR) is 110 cm³/mol. The summed E-state index contributed by atoms with van der Waals surface area (Å²) in [5.74, 6) is -0.859. The van der Waals surface area contributed by atoms with Gasteiger partial charge in [-0.25, -0.2) is 9.59 Å². The Hall–Kier alpha value is -2.48. The lowest BCUT2D eigenvalue weighted by Gasteiger charge is -2.20. The molecule has 1 aromatic rings. The first-order chi connectivity index (χ1) is 13.6. The molecule has 1 rings (SSSR count). The summed E-state index contributed by atoms with van der Waals surface area (Å²) < 4.78 is 16.1. The molecular weight excluding hydrogens is 400 g/mol. The molecule has 162 valence electrons. The second-order valence-electron chi connectivity index (χ2n) is 7.25. The molecule has 0 aliphatic heterocycles. The van der Waals surface area contributed by atoms with Gasteiger partial charge in [-0.3, -0.25) is 10.1 Å². The quantitative estimate of drug-likeness (QED) is 0.459. The molecule has 0 atom stereocenters. The minimum absolute atomic E-state index is 0.105. The summed E-state index contributed by atoms with van der Waals surface area (Å²) in [4.78, 5) is 35.7. The van der Waals surface area contributed by atoms with E-state index in [0.29, 0.717) is 24.7 Å². The highest BCUT2D eigenvalue weighted by Crippen LogP contribution is 2.37. The summed E-state index contributed by atoms with van der Waals surface area (Å²) in [5, 5.41) is 4.86. The SMILES string of the molecule is CCCCOc1c(Cl)cc(C(=O)OCC(=O)NC(=O)NC(C)(C)C)cc1OCC. The van der Waals surface area contributed by atoms with Gasteiger partial charge in [0.1, 0.15) is 0 Å². The van der Waals surface area contributed by atoms with Crippen molar-refractivity contribution in [3.63, 3.8) is 0 Å². The van der Waals surface area contributed by atoms with Crippen LogP contribution in [0.15, 0.2) is 12.1 Å². The first kappa shape index (κ1) is 24.6. The number of amides is 3. The number of urea groups is 1. The number of unbranched alkanes of at least 4 members (excludes halogenated alkanes) is 1. The summed E-state index contributed by atoms with van der Waals surface area (Å²) in [6.45, 7) is 9.34. The van der Waals surface area contributed by atoms with E-state index < -0.39 is 30.1 Å². The van der Waals surface area contributed by atoms with E-state index in [0.717, 1.165) is 12.8 Å². The highest BCUT2D eigenvalue weighted by atomic mass is 35.5. The Morgan fingerprint density at radius 3 is 2.38 bits per heavy atom. The van der Waals surface area contributed by atoms with Crippen LogP contribution in [0, 0.1) is 0 Å². The predicted octanol–water partition coefficient (Wildman–Crippen LogP) is 3.70. The van der Waals surface area contributed by atoms with Crippen LogP contribution in [-0.4, -0.2) is 43.3 Å². The van der Waals surface area contributed by atoms with E-state index in [1.165, 1.54) is 12.1 Å². The van der Waals surface area contributed by atoms with Crippen LogP contribution in [-0.2, 0) is 9.53 Å². The lowest BCUT2D eigenvalue weighted by Crippen LogP contribution is -2.49. The molecule has 0 spiro atoms. The number of rotatable bonds is 9. The lowest BCUT2D eigenvalue weighted by atomic mass is 10.1. The van der Waals surface area contributed by atoms with Gasteiger partial charge in [-0.15, -0.1) is 0 Å². The van der Waals surface area contributed by atoms with E-state index in [2.05, 4.69) is 10.6 Å². The van der Waals surface area contributed by atoms with Crippen molar-refractivity contribution in [1.82, 2.24) is 10.6 Å². The van der Waals surface area contributed by atoms with E-state index in [9.17, 15) is 14.4 Å². The average molecular weight is 429 g/mol. The van der Waals surface area contributed by atoms with Gasteiger partial charge < -0.3 is 19.5 Å². The largest absolute Gasteiger partial charge is 0.490 e. The highest BCUT2D eigenvalue weighted by molar-refractivity contribution is 6.32. The molecule has 2 N–H and O–H groups in total. The Bertz CT molecular complexity index is 730. The summed E-state index contributed by atoms with van der Waals surface area (Å²) in [6, 6.07) is 2.16. The van der Waals surface area contributed by atoms with E-state index in [4.69, 9.17) is 25.8 Å². The number of carbonyl (C=O) groups excluding carboxylic acids is 3. The van der Waals surface area contributed by atoms with Gasteiger partial charge in [-0.1, -0.05) is 24.9 Å². The number of hydrogen-bond donors (Lipinski definition) is 2. The van der Waals surface area contributed by atoms with Gasteiger partial charge in [0.15, 0.2) is 18.1 Å². The smallest absolute Gasteiger partial charge is 0.338 e. The number of ether oxygens (including phenoxy) is 3. The van der Waals surface area contributed by atoms with Crippen molar-refractivity contribution in [3.05, 3.63) is 22.7 Å². The van der Waals surface area contributed by atoms with Gasteiger partial charge in [0, 0.05) is 5.54 Å². The van der Waals surface area contributed by atoms with Crippen LogP contribution in [0.2, 0.25) is 5.02 Å². The van der Waals surface area contributed by atoms with E-state index in [1.54, 1.807) is 27.7 Å². The molecule has 0 unspecified atom stereocenters. The van der Waals surface area contributed by atoms with Gasteiger partial charge in [0.05, 0.1) is 23.8 Å². The summed E-state index contributed by atoms with van der Waals surface area (Å²) >= 11 is 6.24. The zero-order valence-corrected chi connectivity index (χ0v) is 18.3. The second-order valence-corrected chi connectivity index (χ2v) is 7.66. The average Bonchev–Trinajstić information content (AvgIpc) is 2.60. The molecule has 0 aliphatic carbocycles. The zero-order chi connectivity index (χ0) is 22.0. The molecule has 9 heteroatoms. The summed E-state index contributed by atoms with van der Waals surface area (Å²) in [7, 11) is 0. The van der Waals surface area contributed by atoms with Crippen LogP contribution in [0.4, 0.5) is 4.79 Å². The maximum atomic E-state index is 12.3. The third-order valence-electron chi connectivity index (χ3n) is 3.37. The molecule has 0 saturated carbocycles. The molecular formula is C20H29ClN2O6. The van der Waals surface area contributed by atoms with Crippen LogP contribution >= 0.6 is 11.6 Å². The number of esters is 1. The Morgan fingerprint density at radius 2 is 1.79 bits per heavy atom. The minimum atomic E-state index is -0.778. The fraction of sp³-hybridized carbons (Fsp3) is 0.550. The Balaban J connectivity index is 2.76. The van der Waals surface area contributed by atoms with E-state index >= 15 is 0 Å². The molecule has 3 amide bonds. The number of nitrogens with one attached hydrogen (secondary N) is 2. The number of imide groups is 1. The summed E-state index contributed by atoms with van der Waals surface area (Å²) in [5.41, 5.74) is -0.401. The van der Waals surface area contributed by atoms with Gasteiger partial charge in [-0.2, -0.15) is 0 Å². The molecule has 0 bridgehead atoms. The Kier molecular flexibility index (Phi) is 9.74. The van der Waals surface area contributed by atoms with E-state index in [-0.39, 0.29) is 10.6 Å². The third kappa shape index (κ3) is 9.04. The molecule has 1 aromatic carbocycles. The maximum Gasteiger partial charge on any atom is 0.338 e. The van der Waals surface area contributed by atoms with Gasteiger partial charge >= 0.3 is 12.0 Å². The van der Waals surface area contributed by atoms with Gasteiger partial charge in [0.25, 0.3) is 5.91 Å². The van der Waals surface area contributed by atoms with Crippen molar-refractivity contribution in [3.8, 4) is 11.5 Å². The molecule has 0 fully saturated rings. The monoisotopic (exact) mass is 428 g/mol. The van der Waals surface area contributed by atoms with Gasteiger partial charge in [0.2, 0.25) is 0 Å². The van der Waals surface area contributed by atoms with Crippen LogP contribution in [0.3, 0.4) is 0 Å². The van der Waals surface area contributed by atoms with Crippen molar-refractivity contribution in [2.45, 2.75) is 53.0 Å². The molecule has 0 radical (unpaired) electrons. The van der Waals surface area contributed by atoms with E-state index in [1.807, 2.05) is 6.92 Å². The fourth-order valence-corrected chi connectivity index (χ4v) is 2.42. The molecule has 0 aromatic heterocycles. The van der Waals surface area contributed by atoms with Crippen LogP contribution in [0.5, 0.6) is 11.5 Å². The van der Waals surface area contributed by atoms with Crippen molar-refractivity contribution in [1.29, 1.82) is 0 Å².